The van der Waals surface area contributed by atoms with Crippen LogP contribution in [0.4, 0.5) is 5.82 Å². The van der Waals surface area contributed by atoms with Gasteiger partial charge in [0, 0.05) is 13.0 Å². The molecule has 0 amide bonds. The van der Waals surface area contributed by atoms with E-state index in [0.717, 1.165) is 18.4 Å². The Kier molecular flexibility index (Phi) is 8.81. The third-order valence-corrected chi connectivity index (χ3v) is 5.40. The molecule has 0 spiro atoms. The van der Waals surface area contributed by atoms with Crippen LogP contribution < -0.4 is 5.32 Å². The number of nitrogens with zero attached hydrogens (tertiary/aromatic N) is 4. The zero-order chi connectivity index (χ0) is 21.0. The highest BCUT2D eigenvalue weighted by Gasteiger charge is 2.14. The van der Waals surface area contributed by atoms with Crippen molar-refractivity contribution in [3.63, 3.8) is 0 Å². The van der Waals surface area contributed by atoms with E-state index in [1.54, 1.807) is 10.9 Å². The molecular formula is C24H33N5O. The molecule has 0 unspecified atom stereocenters. The zero-order valence-electron chi connectivity index (χ0n) is 18.0. The van der Waals surface area contributed by atoms with Gasteiger partial charge in [0.15, 0.2) is 17.0 Å². The predicted octanol–water partition coefficient (Wildman–Crippen LogP) is 6.00. The number of benzene rings is 1. The lowest BCUT2D eigenvalue weighted by atomic mass is 10.1. The van der Waals surface area contributed by atoms with Gasteiger partial charge in [-0.05, 0) is 12.0 Å². The summed E-state index contributed by atoms with van der Waals surface area (Å²) in [5, 5.41) is 3.30. The van der Waals surface area contributed by atoms with Crippen molar-refractivity contribution in [1.82, 2.24) is 19.5 Å². The molecule has 0 aliphatic carbocycles. The van der Waals surface area contributed by atoms with Crippen molar-refractivity contribution in [1.29, 1.82) is 0 Å². The van der Waals surface area contributed by atoms with Crippen LogP contribution in [-0.2, 0) is 6.54 Å². The molecule has 160 valence electrons. The number of carbonyl (C=O) groups excluding carboxylic acids is 1. The molecule has 0 radical (unpaired) electrons. The highest BCUT2D eigenvalue weighted by atomic mass is 16.2. The number of carbonyl (C=O) groups is 1. The Bertz CT molecular complexity index is 906. The molecule has 3 rings (SSSR count). The van der Waals surface area contributed by atoms with Crippen LogP contribution >= 0.6 is 0 Å². The van der Waals surface area contributed by atoms with Crippen molar-refractivity contribution in [2.75, 3.05) is 5.32 Å². The van der Waals surface area contributed by atoms with Crippen molar-refractivity contribution in [2.24, 2.45) is 0 Å². The number of imidazole rings is 1. The minimum Gasteiger partial charge on any atom is -0.364 e. The quantitative estimate of drug-likeness (QED) is 0.352. The summed E-state index contributed by atoms with van der Waals surface area (Å²) in [5.74, 6) is 0.701. The fourth-order valence-electron chi connectivity index (χ4n) is 3.64. The summed E-state index contributed by atoms with van der Waals surface area (Å²) in [5.41, 5.74) is 2.36. The molecule has 2 aromatic heterocycles. The number of nitrogens with one attached hydrogen (secondary N) is 1. The first-order valence-electron chi connectivity index (χ1n) is 11.3. The molecule has 0 fully saturated rings. The Morgan fingerprint density at radius 1 is 0.900 bits per heavy atom. The van der Waals surface area contributed by atoms with Gasteiger partial charge >= 0.3 is 0 Å². The monoisotopic (exact) mass is 407 g/mol. The second kappa shape index (κ2) is 12.1. The standard InChI is InChI=1S/C24H33N5O/c1-2-3-4-5-6-7-8-9-13-16-21(30)29-19-28-22-23(26-18-27-24(22)29)25-17-20-14-11-10-12-15-20/h10-12,14-15,18-19H,2-9,13,16-17H2,1H3,(H,25,26,27). The largest absolute Gasteiger partial charge is 0.364 e. The molecule has 30 heavy (non-hydrogen) atoms. The maximum absolute atomic E-state index is 12.7. The molecule has 6 heteroatoms. The zero-order valence-corrected chi connectivity index (χ0v) is 18.0. The molecule has 3 aromatic rings. The van der Waals surface area contributed by atoms with Crippen molar-refractivity contribution in [2.45, 2.75) is 77.7 Å². The van der Waals surface area contributed by atoms with Gasteiger partial charge in [0.25, 0.3) is 0 Å². The van der Waals surface area contributed by atoms with Crippen LogP contribution in [0.5, 0.6) is 0 Å². The number of unbranched alkanes of at least 4 members (excludes halogenated alkanes) is 8. The first kappa shape index (κ1) is 21.9. The lowest BCUT2D eigenvalue weighted by Gasteiger charge is -2.06. The molecule has 1 aromatic carbocycles. The first-order valence-corrected chi connectivity index (χ1v) is 11.3. The number of fused-ring (bicyclic) bond motifs is 1. The van der Waals surface area contributed by atoms with Crippen LogP contribution in [-0.4, -0.2) is 25.4 Å². The van der Waals surface area contributed by atoms with E-state index in [4.69, 9.17) is 0 Å². The van der Waals surface area contributed by atoms with Gasteiger partial charge in [-0.2, -0.15) is 0 Å². The van der Waals surface area contributed by atoms with E-state index < -0.39 is 0 Å². The Balaban J connectivity index is 1.47. The molecule has 6 nitrogen and oxygen atoms in total. The molecule has 2 heterocycles. The van der Waals surface area contributed by atoms with Gasteiger partial charge in [0.2, 0.25) is 5.91 Å². The number of anilines is 1. The minimum atomic E-state index is 0.0492. The maximum atomic E-state index is 12.7. The molecule has 0 atom stereocenters. The van der Waals surface area contributed by atoms with Crippen LogP contribution in [0, 0.1) is 0 Å². The minimum absolute atomic E-state index is 0.0492. The average Bonchev–Trinajstić information content (AvgIpc) is 3.22. The fraction of sp³-hybridized carbons (Fsp3) is 0.500. The SMILES string of the molecule is CCCCCCCCCCCC(=O)n1cnc2c(NCc3ccccc3)ncnc21. The van der Waals surface area contributed by atoms with Crippen molar-refractivity contribution >= 4 is 22.9 Å². The molecule has 0 saturated heterocycles. The highest BCUT2D eigenvalue weighted by molar-refractivity contribution is 5.92. The van der Waals surface area contributed by atoms with Crippen LogP contribution in [0.1, 0.15) is 81.5 Å². The highest BCUT2D eigenvalue weighted by Crippen LogP contribution is 2.19. The van der Waals surface area contributed by atoms with E-state index in [2.05, 4.69) is 39.3 Å². The maximum Gasteiger partial charge on any atom is 0.233 e. The summed E-state index contributed by atoms with van der Waals surface area (Å²) >= 11 is 0. The normalized spacial score (nSPS) is 11.1. The smallest absolute Gasteiger partial charge is 0.233 e. The van der Waals surface area contributed by atoms with Crippen molar-refractivity contribution in [3.8, 4) is 0 Å². The van der Waals surface area contributed by atoms with E-state index in [-0.39, 0.29) is 5.91 Å². The molecule has 1 N–H and O–H groups in total. The van der Waals surface area contributed by atoms with E-state index in [1.165, 1.54) is 51.3 Å². The molecule has 0 bridgehead atoms. The van der Waals surface area contributed by atoms with Crippen LogP contribution in [0.3, 0.4) is 0 Å². The van der Waals surface area contributed by atoms with Crippen molar-refractivity contribution < 1.29 is 4.79 Å². The van der Waals surface area contributed by atoms with Crippen LogP contribution in [0.2, 0.25) is 0 Å². The summed E-state index contributed by atoms with van der Waals surface area (Å²) in [7, 11) is 0. The third kappa shape index (κ3) is 6.37. The Hall–Kier alpha value is -2.76. The molecule has 0 aliphatic heterocycles. The van der Waals surface area contributed by atoms with E-state index >= 15 is 0 Å². The topological polar surface area (TPSA) is 72.7 Å². The summed E-state index contributed by atoms with van der Waals surface area (Å²) in [6, 6.07) is 10.1. The lowest BCUT2D eigenvalue weighted by Crippen LogP contribution is -2.10. The lowest BCUT2D eigenvalue weighted by molar-refractivity contribution is 0.0903. The summed E-state index contributed by atoms with van der Waals surface area (Å²) in [6.07, 6.45) is 14.7. The van der Waals surface area contributed by atoms with E-state index in [9.17, 15) is 4.79 Å². The van der Waals surface area contributed by atoms with Gasteiger partial charge in [0.05, 0.1) is 0 Å². The Labute approximate surface area is 179 Å². The second-order valence-electron chi connectivity index (χ2n) is 7.82. The first-order chi connectivity index (χ1) is 14.8. The van der Waals surface area contributed by atoms with Gasteiger partial charge in [0.1, 0.15) is 12.7 Å². The number of hydrogen-bond donors (Lipinski definition) is 1. The third-order valence-electron chi connectivity index (χ3n) is 5.40. The number of hydrogen-bond acceptors (Lipinski definition) is 5. The van der Waals surface area contributed by atoms with Gasteiger partial charge in [-0.25, -0.2) is 15.0 Å². The van der Waals surface area contributed by atoms with E-state index in [1.807, 2.05) is 18.2 Å². The molecule has 0 saturated carbocycles. The number of aromatic nitrogens is 4. The summed E-state index contributed by atoms with van der Waals surface area (Å²) in [6.45, 7) is 2.89. The molecular weight excluding hydrogens is 374 g/mol. The van der Waals surface area contributed by atoms with Crippen LogP contribution in [0.15, 0.2) is 43.0 Å². The Morgan fingerprint density at radius 2 is 1.60 bits per heavy atom. The summed E-state index contributed by atoms with van der Waals surface area (Å²) in [4.78, 5) is 25.7. The fourth-order valence-corrected chi connectivity index (χ4v) is 3.64. The second-order valence-corrected chi connectivity index (χ2v) is 7.82. The van der Waals surface area contributed by atoms with Crippen LogP contribution in [0.25, 0.3) is 11.2 Å². The van der Waals surface area contributed by atoms with Gasteiger partial charge in [-0.3, -0.25) is 9.36 Å². The van der Waals surface area contributed by atoms with Gasteiger partial charge in [-0.1, -0.05) is 88.6 Å². The molecule has 0 aliphatic rings. The number of rotatable bonds is 13. The van der Waals surface area contributed by atoms with Crippen molar-refractivity contribution in [3.05, 3.63) is 48.5 Å². The Morgan fingerprint density at radius 3 is 2.33 bits per heavy atom. The predicted molar refractivity (Wildman–Crippen MR) is 122 cm³/mol. The summed E-state index contributed by atoms with van der Waals surface area (Å²) < 4.78 is 1.56. The van der Waals surface area contributed by atoms with Gasteiger partial charge in [-0.15, -0.1) is 0 Å². The van der Waals surface area contributed by atoms with E-state index in [0.29, 0.717) is 29.9 Å². The average molecular weight is 408 g/mol. The van der Waals surface area contributed by atoms with Gasteiger partial charge < -0.3 is 5.32 Å².